The number of likely N-dealkylation sites (tertiary alicyclic amines) is 1. The van der Waals surface area contributed by atoms with E-state index in [4.69, 9.17) is 4.74 Å². The number of carbonyl (C=O) groups excluding carboxylic acids is 1. The zero-order valence-corrected chi connectivity index (χ0v) is 15.0. The van der Waals surface area contributed by atoms with Crippen LogP contribution in [0.1, 0.15) is 32.3 Å². The molecule has 1 aromatic carbocycles. The number of piperidine rings is 1. The van der Waals surface area contributed by atoms with Crippen LogP contribution < -0.4 is 4.74 Å². The van der Waals surface area contributed by atoms with E-state index in [1.54, 1.807) is 18.2 Å². The molecule has 1 saturated heterocycles. The predicted octanol–water partition coefficient (Wildman–Crippen LogP) is 2.51. The zero-order chi connectivity index (χ0) is 17.7. The van der Waals surface area contributed by atoms with E-state index in [0.29, 0.717) is 17.4 Å². The Morgan fingerprint density at radius 2 is 1.92 bits per heavy atom. The molecule has 1 fully saturated rings. The topological polar surface area (TPSA) is 56.6 Å². The van der Waals surface area contributed by atoms with Crippen molar-refractivity contribution in [1.82, 2.24) is 9.80 Å². The summed E-state index contributed by atoms with van der Waals surface area (Å²) in [5, 5.41) is 9.21. The second-order valence-electron chi connectivity index (χ2n) is 6.91. The SMILES string of the molecule is CC(C)[C@H](Oc1ccccc1C#N)C(=O)N1CCC(N(C)C)CC1. The monoisotopic (exact) mass is 329 g/mol. The van der Waals surface area contributed by atoms with Gasteiger partial charge in [-0.2, -0.15) is 5.26 Å². The van der Waals surface area contributed by atoms with Gasteiger partial charge in [0.15, 0.2) is 6.10 Å². The maximum absolute atomic E-state index is 12.9. The van der Waals surface area contributed by atoms with E-state index in [0.717, 1.165) is 25.9 Å². The number of amides is 1. The Morgan fingerprint density at radius 3 is 2.46 bits per heavy atom. The molecule has 1 aliphatic rings. The molecular weight excluding hydrogens is 302 g/mol. The lowest BCUT2D eigenvalue weighted by molar-refractivity contribution is -0.142. The third kappa shape index (κ3) is 4.27. The van der Waals surface area contributed by atoms with E-state index in [1.165, 1.54) is 0 Å². The van der Waals surface area contributed by atoms with Crippen LogP contribution in [0.5, 0.6) is 5.75 Å². The predicted molar refractivity (Wildman–Crippen MR) is 93.7 cm³/mol. The first-order chi connectivity index (χ1) is 11.4. The van der Waals surface area contributed by atoms with Crippen LogP contribution in [0.3, 0.4) is 0 Å². The van der Waals surface area contributed by atoms with Gasteiger partial charge in [0.2, 0.25) is 0 Å². The van der Waals surface area contributed by atoms with Crippen molar-refractivity contribution in [2.75, 3.05) is 27.2 Å². The molecule has 0 saturated carbocycles. The maximum atomic E-state index is 12.9. The van der Waals surface area contributed by atoms with Gasteiger partial charge in [0.25, 0.3) is 5.91 Å². The highest BCUT2D eigenvalue weighted by atomic mass is 16.5. The minimum absolute atomic E-state index is 0.0231. The van der Waals surface area contributed by atoms with Crippen molar-refractivity contribution in [3.8, 4) is 11.8 Å². The van der Waals surface area contributed by atoms with Gasteiger partial charge in [0, 0.05) is 19.1 Å². The highest BCUT2D eigenvalue weighted by molar-refractivity contribution is 5.81. The highest BCUT2D eigenvalue weighted by Gasteiger charge is 2.32. The molecule has 130 valence electrons. The first-order valence-electron chi connectivity index (χ1n) is 8.55. The van der Waals surface area contributed by atoms with E-state index in [-0.39, 0.29) is 11.8 Å². The molecule has 0 bridgehead atoms. The van der Waals surface area contributed by atoms with Gasteiger partial charge >= 0.3 is 0 Å². The fourth-order valence-corrected chi connectivity index (χ4v) is 3.05. The Balaban J connectivity index is 2.08. The van der Waals surface area contributed by atoms with Gasteiger partial charge < -0.3 is 14.5 Å². The Kier molecular flexibility index (Phi) is 6.22. The van der Waals surface area contributed by atoms with E-state index in [9.17, 15) is 10.1 Å². The van der Waals surface area contributed by atoms with Crippen molar-refractivity contribution in [2.45, 2.75) is 38.8 Å². The average Bonchev–Trinajstić information content (AvgIpc) is 2.59. The van der Waals surface area contributed by atoms with Gasteiger partial charge in [-0.3, -0.25) is 4.79 Å². The van der Waals surface area contributed by atoms with Gasteiger partial charge in [0.05, 0.1) is 5.56 Å². The fraction of sp³-hybridized carbons (Fsp3) is 0.579. The number of hydrogen-bond donors (Lipinski definition) is 0. The van der Waals surface area contributed by atoms with Crippen molar-refractivity contribution in [1.29, 1.82) is 5.26 Å². The van der Waals surface area contributed by atoms with Crippen molar-refractivity contribution < 1.29 is 9.53 Å². The number of carbonyl (C=O) groups is 1. The van der Waals surface area contributed by atoms with Crippen LogP contribution in [0, 0.1) is 17.2 Å². The van der Waals surface area contributed by atoms with Gasteiger partial charge in [-0.05, 0) is 45.0 Å². The van der Waals surface area contributed by atoms with Crippen molar-refractivity contribution >= 4 is 5.91 Å². The lowest BCUT2D eigenvalue weighted by Crippen LogP contribution is -2.50. The molecule has 5 heteroatoms. The number of para-hydroxylation sites is 1. The number of nitriles is 1. The smallest absolute Gasteiger partial charge is 0.263 e. The van der Waals surface area contributed by atoms with Crippen LogP contribution in [0.15, 0.2) is 24.3 Å². The van der Waals surface area contributed by atoms with Crippen LogP contribution in [-0.2, 0) is 4.79 Å². The van der Waals surface area contributed by atoms with E-state index >= 15 is 0 Å². The minimum atomic E-state index is -0.560. The Bertz CT molecular complexity index is 599. The second-order valence-corrected chi connectivity index (χ2v) is 6.91. The van der Waals surface area contributed by atoms with Crippen LogP contribution in [-0.4, -0.2) is 55.0 Å². The minimum Gasteiger partial charge on any atom is -0.479 e. The lowest BCUT2D eigenvalue weighted by Gasteiger charge is -2.37. The number of nitrogens with zero attached hydrogens (tertiary/aromatic N) is 3. The van der Waals surface area contributed by atoms with Crippen LogP contribution in [0.2, 0.25) is 0 Å². The van der Waals surface area contributed by atoms with Crippen molar-refractivity contribution in [3.63, 3.8) is 0 Å². The Labute approximate surface area is 144 Å². The molecule has 0 N–H and O–H groups in total. The number of ether oxygens (including phenoxy) is 1. The summed E-state index contributed by atoms with van der Waals surface area (Å²) in [4.78, 5) is 17.1. The summed E-state index contributed by atoms with van der Waals surface area (Å²) >= 11 is 0. The molecule has 0 unspecified atom stereocenters. The number of hydrogen-bond acceptors (Lipinski definition) is 4. The van der Waals surface area contributed by atoms with E-state index in [1.807, 2.05) is 24.8 Å². The molecule has 0 radical (unpaired) electrons. The average molecular weight is 329 g/mol. The number of rotatable bonds is 5. The summed E-state index contributed by atoms with van der Waals surface area (Å²) in [6.45, 7) is 5.47. The molecule has 5 nitrogen and oxygen atoms in total. The highest BCUT2D eigenvalue weighted by Crippen LogP contribution is 2.23. The molecule has 0 spiro atoms. The van der Waals surface area contributed by atoms with Gasteiger partial charge in [-0.1, -0.05) is 26.0 Å². The third-order valence-corrected chi connectivity index (χ3v) is 4.62. The van der Waals surface area contributed by atoms with E-state index < -0.39 is 6.10 Å². The summed E-state index contributed by atoms with van der Waals surface area (Å²) in [5.41, 5.74) is 0.460. The molecule has 1 aromatic rings. The molecule has 0 aromatic heterocycles. The summed E-state index contributed by atoms with van der Waals surface area (Å²) in [6, 6.07) is 9.73. The van der Waals surface area contributed by atoms with Crippen LogP contribution in [0.4, 0.5) is 0 Å². The first kappa shape index (κ1) is 18.3. The Morgan fingerprint density at radius 1 is 1.29 bits per heavy atom. The summed E-state index contributed by atoms with van der Waals surface area (Å²) in [6.07, 6.45) is 1.41. The lowest BCUT2D eigenvalue weighted by atomic mass is 10.0. The molecule has 1 atom stereocenters. The molecule has 1 heterocycles. The standard InChI is InChI=1S/C19H27N3O2/c1-14(2)18(24-17-8-6-5-7-15(17)13-20)19(23)22-11-9-16(10-12-22)21(3)4/h5-8,14,16,18H,9-12H2,1-4H3/t18-/m0/s1. The summed E-state index contributed by atoms with van der Waals surface area (Å²) in [5.74, 6) is 0.543. The summed E-state index contributed by atoms with van der Waals surface area (Å²) < 4.78 is 5.96. The van der Waals surface area contributed by atoms with Gasteiger partial charge in [-0.15, -0.1) is 0 Å². The normalized spacial score (nSPS) is 17.0. The first-order valence-corrected chi connectivity index (χ1v) is 8.55. The van der Waals surface area contributed by atoms with Gasteiger partial charge in [-0.25, -0.2) is 0 Å². The third-order valence-electron chi connectivity index (χ3n) is 4.62. The van der Waals surface area contributed by atoms with E-state index in [2.05, 4.69) is 25.1 Å². The summed E-state index contributed by atoms with van der Waals surface area (Å²) in [7, 11) is 4.17. The largest absolute Gasteiger partial charge is 0.479 e. The fourth-order valence-electron chi connectivity index (χ4n) is 3.05. The molecule has 0 aliphatic carbocycles. The van der Waals surface area contributed by atoms with Crippen LogP contribution in [0.25, 0.3) is 0 Å². The Hall–Kier alpha value is -2.06. The quantitative estimate of drug-likeness (QED) is 0.833. The van der Waals surface area contributed by atoms with Crippen molar-refractivity contribution in [3.05, 3.63) is 29.8 Å². The number of benzene rings is 1. The molecule has 1 aliphatic heterocycles. The molecule has 2 rings (SSSR count). The second kappa shape index (κ2) is 8.16. The molecular formula is C19H27N3O2. The maximum Gasteiger partial charge on any atom is 0.263 e. The zero-order valence-electron chi connectivity index (χ0n) is 15.0. The van der Waals surface area contributed by atoms with Crippen molar-refractivity contribution in [2.24, 2.45) is 5.92 Å². The molecule has 1 amide bonds. The van der Waals surface area contributed by atoms with Gasteiger partial charge in [0.1, 0.15) is 11.8 Å². The van der Waals surface area contributed by atoms with Crippen LogP contribution >= 0.6 is 0 Å². The molecule has 24 heavy (non-hydrogen) atoms.